The molecule has 0 aliphatic rings. The van der Waals surface area contributed by atoms with Crippen molar-refractivity contribution >= 4 is 29.1 Å². The van der Waals surface area contributed by atoms with Gasteiger partial charge in [0.2, 0.25) is 5.91 Å². The van der Waals surface area contributed by atoms with Crippen LogP contribution in [0.4, 0.5) is 0 Å². The van der Waals surface area contributed by atoms with Gasteiger partial charge in [0.05, 0.1) is 16.3 Å². The molecular formula is C15H15Cl2NO2. The number of carbonyl (C=O) groups excluding carboxylic acids is 1. The third-order valence-electron chi connectivity index (χ3n) is 2.99. The van der Waals surface area contributed by atoms with E-state index in [2.05, 4.69) is 0 Å². The van der Waals surface area contributed by atoms with Crippen LogP contribution in [-0.4, -0.2) is 17.9 Å². The maximum Gasteiger partial charge on any atom is 0.223 e. The summed E-state index contributed by atoms with van der Waals surface area (Å²) in [7, 11) is 1.77. The third kappa shape index (κ3) is 4.02. The Morgan fingerprint density at radius 2 is 2.05 bits per heavy atom. The minimum atomic E-state index is 0.0625. The third-order valence-corrected chi connectivity index (χ3v) is 3.73. The molecule has 106 valence electrons. The normalized spacial score (nSPS) is 10.6. The Morgan fingerprint density at radius 3 is 2.70 bits per heavy atom. The van der Waals surface area contributed by atoms with Gasteiger partial charge in [0.15, 0.2) is 0 Å². The molecule has 0 N–H and O–H groups in total. The maximum atomic E-state index is 12.0. The molecule has 0 aliphatic carbocycles. The minimum Gasteiger partial charge on any atom is -0.469 e. The van der Waals surface area contributed by atoms with E-state index in [9.17, 15) is 4.79 Å². The molecule has 5 heteroatoms. The van der Waals surface area contributed by atoms with Gasteiger partial charge in [-0.05, 0) is 29.8 Å². The van der Waals surface area contributed by atoms with Gasteiger partial charge in [0, 0.05) is 26.4 Å². The average Bonchev–Trinajstić information content (AvgIpc) is 2.93. The molecular weight excluding hydrogens is 297 g/mol. The summed E-state index contributed by atoms with van der Waals surface area (Å²) >= 11 is 11.8. The number of amides is 1. The van der Waals surface area contributed by atoms with Crippen molar-refractivity contribution in [1.82, 2.24) is 4.90 Å². The summed E-state index contributed by atoms with van der Waals surface area (Å²) in [6.07, 6.45) is 2.64. The molecule has 1 aromatic carbocycles. The SMILES string of the molecule is CN(Cc1ccc(Cl)c(Cl)c1)C(=O)CCc1ccco1. The second kappa shape index (κ2) is 6.82. The summed E-state index contributed by atoms with van der Waals surface area (Å²) in [5, 5.41) is 1.02. The van der Waals surface area contributed by atoms with Gasteiger partial charge in [-0.15, -0.1) is 0 Å². The van der Waals surface area contributed by atoms with Crippen molar-refractivity contribution < 1.29 is 9.21 Å². The zero-order chi connectivity index (χ0) is 14.5. The van der Waals surface area contributed by atoms with Crippen LogP contribution in [0.15, 0.2) is 41.0 Å². The van der Waals surface area contributed by atoms with E-state index in [1.807, 2.05) is 18.2 Å². The highest BCUT2D eigenvalue weighted by Gasteiger charge is 2.11. The molecule has 0 aliphatic heterocycles. The standard InChI is InChI=1S/C15H15Cl2NO2/c1-18(10-11-4-6-13(16)14(17)9-11)15(19)7-5-12-3-2-8-20-12/h2-4,6,8-9H,5,7,10H2,1H3. The Bertz CT molecular complexity index is 582. The van der Waals surface area contributed by atoms with E-state index < -0.39 is 0 Å². The molecule has 0 radical (unpaired) electrons. The number of aryl methyl sites for hydroxylation is 1. The molecule has 2 rings (SSSR count). The minimum absolute atomic E-state index is 0.0625. The van der Waals surface area contributed by atoms with Crippen LogP contribution in [-0.2, 0) is 17.8 Å². The first-order valence-electron chi connectivity index (χ1n) is 6.26. The highest BCUT2D eigenvalue weighted by molar-refractivity contribution is 6.42. The summed E-state index contributed by atoms with van der Waals surface area (Å²) in [4.78, 5) is 13.7. The zero-order valence-electron chi connectivity index (χ0n) is 11.1. The summed E-state index contributed by atoms with van der Waals surface area (Å²) in [6, 6.07) is 9.07. The van der Waals surface area contributed by atoms with Crippen LogP contribution in [0, 0.1) is 0 Å². The monoisotopic (exact) mass is 311 g/mol. The Labute approximate surface area is 128 Å². The largest absolute Gasteiger partial charge is 0.469 e. The number of rotatable bonds is 5. The predicted octanol–water partition coefficient (Wildman–Crippen LogP) is 4.18. The molecule has 0 saturated carbocycles. The fourth-order valence-corrected chi connectivity index (χ4v) is 2.20. The second-order valence-electron chi connectivity index (χ2n) is 4.58. The maximum absolute atomic E-state index is 12.0. The topological polar surface area (TPSA) is 33.5 Å². The summed E-state index contributed by atoms with van der Waals surface area (Å²) in [5.41, 5.74) is 0.952. The highest BCUT2D eigenvalue weighted by atomic mass is 35.5. The van der Waals surface area contributed by atoms with Crippen LogP contribution in [0.25, 0.3) is 0 Å². The first kappa shape index (κ1) is 14.9. The summed E-state index contributed by atoms with van der Waals surface area (Å²) < 4.78 is 5.21. The lowest BCUT2D eigenvalue weighted by Gasteiger charge is -2.17. The van der Waals surface area contributed by atoms with E-state index in [4.69, 9.17) is 27.6 Å². The number of halogens is 2. The Hall–Kier alpha value is -1.45. The molecule has 3 nitrogen and oxygen atoms in total. The van der Waals surface area contributed by atoms with Gasteiger partial charge >= 0.3 is 0 Å². The first-order valence-corrected chi connectivity index (χ1v) is 7.02. The average molecular weight is 312 g/mol. The summed E-state index contributed by atoms with van der Waals surface area (Å²) in [5.74, 6) is 0.883. The fourth-order valence-electron chi connectivity index (χ4n) is 1.88. The molecule has 1 amide bonds. The lowest BCUT2D eigenvalue weighted by Crippen LogP contribution is -2.26. The molecule has 0 spiro atoms. The molecule has 2 aromatic rings. The van der Waals surface area contributed by atoms with Gasteiger partial charge in [0.25, 0.3) is 0 Å². The van der Waals surface area contributed by atoms with Gasteiger partial charge in [-0.1, -0.05) is 29.3 Å². The number of hydrogen-bond donors (Lipinski definition) is 0. The van der Waals surface area contributed by atoms with Crippen LogP contribution < -0.4 is 0 Å². The zero-order valence-corrected chi connectivity index (χ0v) is 12.6. The first-order chi connectivity index (χ1) is 9.56. The van der Waals surface area contributed by atoms with Crippen LogP contribution in [0.5, 0.6) is 0 Å². The lowest BCUT2D eigenvalue weighted by atomic mass is 10.2. The van der Waals surface area contributed by atoms with Crippen molar-refractivity contribution in [3.63, 3.8) is 0 Å². The van der Waals surface area contributed by atoms with Gasteiger partial charge in [-0.2, -0.15) is 0 Å². The smallest absolute Gasteiger partial charge is 0.223 e. The summed E-state index contributed by atoms with van der Waals surface area (Å²) in [6.45, 7) is 0.508. The van der Waals surface area contributed by atoms with Crippen molar-refractivity contribution in [2.75, 3.05) is 7.05 Å². The van der Waals surface area contributed by atoms with Crippen molar-refractivity contribution in [2.45, 2.75) is 19.4 Å². The Kier molecular flexibility index (Phi) is 5.10. The predicted molar refractivity (Wildman–Crippen MR) is 80.0 cm³/mol. The number of nitrogens with zero attached hydrogens (tertiary/aromatic N) is 1. The van der Waals surface area contributed by atoms with Gasteiger partial charge < -0.3 is 9.32 Å². The molecule has 0 unspecified atom stereocenters. The van der Waals surface area contributed by atoms with Crippen molar-refractivity contribution in [3.05, 3.63) is 58.0 Å². The van der Waals surface area contributed by atoms with E-state index in [1.165, 1.54) is 0 Å². The van der Waals surface area contributed by atoms with Crippen molar-refractivity contribution in [1.29, 1.82) is 0 Å². The van der Waals surface area contributed by atoms with Gasteiger partial charge in [0.1, 0.15) is 5.76 Å². The molecule has 20 heavy (non-hydrogen) atoms. The second-order valence-corrected chi connectivity index (χ2v) is 5.39. The van der Waals surface area contributed by atoms with Crippen LogP contribution in [0.2, 0.25) is 10.0 Å². The quantitative estimate of drug-likeness (QED) is 0.830. The molecule has 0 fully saturated rings. The van der Waals surface area contributed by atoms with E-state index in [1.54, 1.807) is 30.3 Å². The number of carbonyl (C=O) groups is 1. The molecule has 0 bridgehead atoms. The Balaban J connectivity index is 1.88. The number of furan rings is 1. The van der Waals surface area contributed by atoms with Crippen LogP contribution in [0.3, 0.4) is 0 Å². The fraction of sp³-hybridized carbons (Fsp3) is 0.267. The Morgan fingerprint density at radius 1 is 1.25 bits per heavy atom. The molecule has 1 heterocycles. The van der Waals surface area contributed by atoms with Crippen molar-refractivity contribution in [3.8, 4) is 0 Å². The molecule has 1 aromatic heterocycles. The van der Waals surface area contributed by atoms with E-state index in [0.717, 1.165) is 11.3 Å². The highest BCUT2D eigenvalue weighted by Crippen LogP contribution is 2.23. The van der Waals surface area contributed by atoms with Crippen LogP contribution >= 0.6 is 23.2 Å². The number of hydrogen-bond acceptors (Lipinski definition) is 2. The molecule has 0 atom stereocenters. The van der Waals surface area contributed by atoms with E-state index in [-0.39, 0.29) is 5.91 Å². The van der Waals surface area contributed by atoms with Crippen LogP contribution in [0.1, 0.15) is 17.7 Å². The van der Waals surface area contributed by atoms with Gasteiger partial charge in [-0.3, -0.25) is 4.79 Å². The molecule has 0 saturated heterocycles. The lowest BCUT2D eigenvalue weighted by molar-refractivity contribution is -0.130. The van der Waals surface area contributed by atoms with Gasteiger partial charge in [-0.25, -0.2) is 0 Å². The number of benzene rings is 1. The van der Waals surface area contributed by atoms with Crippen molar-refractivity contribution in [2.24, 2.45) is 0 Å². The van der Waals surface area contributed by atoms with E-state index in [0.29, 0.717) is 29.4 Å². The van der Waals surface area contributed by atoms with E-state index >= 15 is 0 Å².